The van der Waals surface area contributed by atoms with Crippen molar-refractivity contribution >= 4 is 23.2 Å². The third-order valence-electron chi connectivity index (χ3n) is 2.79. The molecule has 0 saturated heterocycles. The average Bonchev–Trinajstić information content (AvgIpc) is 2.41. The van der Waals surface area contributed by atoms with Crippen LogP contribution in [-0.4, -0.2) is 4.98 Å². The quantitative estimate of drug-likeness (QED) is 0.671. The number of halogens is 4. The molecule has 0 spiro atoms. The van der Waals surface area contributed by atoms with Crippen LogP contribution in [-0.2, 0) is 6.42 Å². The van der Waals surface area contributed by atoms with E-state index in [1.807, 2.05) is 0 Å². The van der Waals surface area contributed by atoms with Crippen molar-refractivity contribution in [3.63, 3.8) is 0 Å². The standard InChI is InChI=1S/C13H11Cl2F2N3/c14-8-5-9(15)13(19-6-8)12(20-18)4-7-1-2-10(16)11(17)3-7/h1-3,5-6,12,20H,4,18H2. The summed E-state index contributed by atoms with van der Waals surface area (Å²) in [5.41, 5.74) is 3.61. The van der Waals surface area contributed by atoms with Crippen LogP contribution in [0, 0.1) is 11.6 Å². The normalized spacial score (nSPS) is 12.4. The van der Waals surface area contributed by atoms with E-state index < -0.39 is 17.7 Å². The van der Waals surface area contributed by atoms with Crippen molar-refractivity contribution < 1.29 is 8.78 Å². The Morgan fingerprint density at radius 3 is 2.55 bits per heavy atom. The summed E-state index contributed by atoms with van der Waals surface area (Å²) in [5, 5.41) is 0.755. The minimum Gasteiger partial charge on any atom is -0.271 e. The van der Waals surface area contributed by atoms with E-state index in [1.54, 1.807) is 6.07 Å². The van der Waals surface area contributed by atoms with Crippen LogP contribution in [0.15, 0.2) is 30.5 Å². The summed E-state index contributed by atoms with van der Waals surface area (Å²) >= 11 is 11.8. The summed E-state index contributed by atoms with van der Waals surface area (Å²) in [6.07, 6.45) is 1.75. The summed E-state index contributed by atoms with van der Waals surface area (Å²) in [6, 6.07) is 4.76. The van der Waals surface area contributed by atoms with E-state index in [0.717, 1.165) is 12.1 Å². The molecule has 0 saturated carbocycles. The third kappa shape index (κ3) is 3.43. The molecule has 1 aromatic carbocycles. The highest BCUT2D eigenvalue weighted by molar-refractivity contribution is 6.34. The smallest absolute Gasteiger partial charge is 0.159 e. The molecule has 0 fully saturated rings. The van der Waals surface area contributed by atoms with Crippen molar-refractivity contribution in [2.75, 3.05) is 0 Å². The maximum absolute atomic E-state index is 13.2. The Balaban J connectivity index is 2.26. The Labute approximate surface area is 124 Å². The van der Waals surface area contributed by atoms with Gasteiger partial charge < -0.3 is 0 Å². The van der Waals surface area contributed by atoms with Crippen molar-refractivity contribution in [2.45, 2.75) is 12.5 Å². The van der Waals surface area contributed by atoms with Crippen molar-refractivity contribution in [3.05, 3.63) is 63.4 Å². The molecule has 0 aliphatic rings. The van der Waals surface area contributed by atoms with E-state index in [1.165, 1.54) is 12.3 Å². The number of hydrogen-bond donors (Lipinski definition) is 2. The summed E-state index contributed by atoms with van der Waals surface area (Å²) in [5.74, 6) is 3.67. The van der Waals surface area contributed by atoms with Gasteiger partial charge in [-0.2, -0.15) is 0 Å². The highest BCUT2D eigenvalue weighted by Crippen LogP contribution is 2.26. The lowest BCUT2D eigenvalue weighted by atomic mass is 10.0. The average molecular weight is 318 g/mol. The number of hydrazine groups is 1. The predicted octanol–water partition coefficient (Wildman–Crippen LogP) is 3.41. The Morgan fingerprint density at radius 2 is 1.95 bits per heavy atom. The second-order valence-corrected chi connectivity index (χ2v) is 5.04. The van der Waals surface area contributed by atoms with Crippen molar-refractivity contribution in [2.24, 2.45) is 5.84 Å². The van der Waals surface area contributed by atoms with E-state index in [-0.39, 0.29) is 0 Å². The molecule has 0 amide bonds. The van der Waals surface area contributed by atoms with Crippen LogP contribution < -0.4 is 11.3 Å². The molecule has 3 nitrogen and oxygen atoms in total. The molecule has 0 radical (unpaired) electrons. The number of rotatable bonds is 4. The van der Waals surface area contributed by atoms with Gasteiger partial charge in [-0.25, -0.2) is 8.78 Å². The number of benzene rings is 1. The zero-order valence-corrected chi connectivity index (χ0v) is 11.7. The van der Waals surface area contributed by atoms with Gasteiger partial charge >= 0.3 is 0 Å². The van der Waals surface area contributed by atoms with Crippen molar-refractivity contribution in [1.29, 1.82) is 0 Å². The number of nitrogens with zero attached hydrogens (tertiary/aromatic N) is 1. The minimum absolute atomic E-state index is 0.308. The predicted molar refractivity (Wildman–Crippen MR) is 74.4 cm³/mol. The highest BCUT2D eigenvalue weighted by atomic mass is 35.5. The summed E-state index contributed by atoms with van der Waals surface area (Å²) in [7, 11) is 0. The molecule has 20 heavy (non-hydrogen) atoms. The van der Waals surface area contributed by atoms with E-state index in [4.69, 9.17) is 29.0 Å². The lowest BCUT2D eigenvalue weighted by Gasteiger charge is -2.17. The van der Waals surface area contributed by atoms with Gasteiger partial charge in [-0.3, -0.25) is 16.3 Å². The van der Waals surface area contributed by atoms with Gasteiger partial charge in [0, 0.05) is 6.20 Å². The molecule has 0 aliphatic heterocycles. The summed E-state index contributed by atoms with van der Waals surface area (Å²) in [4.78, 5) is 4.11. The zero-order valence-electron chi connectivity index (χ0n) is 10.2. The van der Waals surface area contributed by atoms with E-state index >= 15 is 0 Å². The number of hydrogen-bond acceptors (Lipinski definition) is 3. The van der Waals surface area contributed by atoms with Crippen LogP contribution in [0.3, 0.4) is 0 Å². The van der Waals surface area contributed by atoms with Gasteiger partial charge in [-0.05, 0) is 30.2 Å². The number of aromatic nitrogens is 1. The van der Waals surface area contributed by atoms with E-state index in [0.29, 0.717) is 27.7 Å². The first-order chi connectivity index (χ1) is 9.51. The number of pyridine rings is 1. The molecule has 106 valence electrons. The molecule has 2 aromatic rings. The van der Waals surface area contributed by atoms with Gasteiger partial charge in [0.25, 0.3) is 0 Å². The maximum Gasteiger partial charge on any atom is 0.159 e. The van der Waals surface area contributed by atoms with Gasteiger partial charge in [0.2, 0.25) is 0 Å². The zero-order chi connectivity index (χ0) is 14.7. The molecule has 7 heteroatoms. The highest BCUT2D eigenvalue weighted by Gasteiger charge is 2.17. The third-order valence-corrected chi connectivity index (χ3v) is 3.30. The lowest BCUT2D eigenvalue weighted by molar-refractivity contribution is 0.501. The monoisotopic (exact) mass is 317 g/mol. The number of nitrogens with two attached hydrogens (primary N) is 1. The Bertz CT molecular complexity index is 623. The Morgan fingerprint density at radius 1 is 1.20 bits per heavy atom. The summed E-state index contributed by atoms with van der Waals surface area (Å²) in [6.45, 7) is 0. The van der Waals surface area contributed by atoms with Crippen LogP contribution in [0.1, 0.15) is 17.3 Å². The van der Waals surface area contributed by atoms with Gasteiger partial charge in [-0.15, -0.1) is 0 Å². The first-order valence-electron chi connectivity index (χ1n) is 5.72. The van der Waals surface area contributed by atoms with Crippen molar-refractivity contribution in [3.8, 4) is 0 Å². The fourth-order valence-electron chi connectivity index (χ4n) is 1.82. The maximum atomic E-state index is 13.2. The van der Waals surface area contributed by atoms with E-state index in [9.17, 15) is 8.78 Å². The largest absolute Gasteiger partial charge is 0.271 e. The molecule has 0 bridgehead atoms. The van der Waals surface area contributed by atoms with Crippen molar-refractivity contribution in [1.82, 2.24) is 10.4 Å². The van der Waals surface area contributed by atoms with E-state index in [2.05, 4.69) is 10.4 Å². The van der Waals surface area contributed by atoms with Gasteiger partial charge in [-0.1, -0.05) is 29.3 Å². The summed E-state index contributed by atoms with van der Waals surface area (Å²) < 4.78 is 26.1. The van der Waals surface area contributed by atoms with Gasteiger partial charge in [0.05, 0.1) is 21.8 Å². The molecular formula is C13H11Cl2F2N3. The Hall–Kier alpha value is -1.27. The minimum atomic E-state index is -0.909. The fraction of sp³-hybridized carbons (Fsp3) is 0.154. The molecule has 0 aliphatic carbocycles. The first-order valence-corrected chi connectivity index (χ1v) is 6.48. The van der Waals surface area contributed by atoms with Gasteiger partial charge in [0.1, 0.15) is 0 Å². The topological polar surface area (TPSA) is 50.9 Å². The van der Waals surface area contributed by atoms with Crippen LogP contribution in [0.2, 0.25) is 10.0 Å². The molecule has 3 N–H and O–H groups in total. The van der Waals surface area contributed by atoms with Crippen LogP contribution in [0.25, 0.3) is 0 Å². The molecule has 2 rings (SSSR count). The molecule has 1 unspecified atom stereocenters. The molecular weight excluding hydrogens is 307 g/mol. The molecule has 1 atom stereocenters. The fourth-order valence-corrected chi connectivity index (χ4v) is 2.33. The lowest BCUT2D eigenvalue weighted by Crippen LogP contribution is -2.30. The second kappa shape index (κ2) is 6.45. The van der Waals surface area contributed by atoms with Crippen LogP contribution in [0.5, 0.6) is 0 Å². The first kappa shape index (κ1) is 15.1. The van der Waals surface area contributed by atoms with Crippen LogP contribution in [0.4, 0.5) is 8.78 Å². The molecule has 1 aromatic heterocycles. The van der Waals surface area contributed by atoms with Gasteiger partial charge in [0.15, 0.2) is 11.6 Å². The number of nitrogens with one attached hydrogen (secondary N) is 1. The second-order valence-electron chi connectivity index (χ2n) is 4.19. The molecule has 1 heterocycles. The SMILES string of the molecule is NNC(Cc1ccc(F)c(F)c1)c1ncc(Cl)cc1Cl. The van der Waals surface area contributed by atoms with Crippen LogP contribution >= 0.6 is 23.2 Å². The Kier molecular flexibility index (Phi) is 4.88.